The first kappa shape index (κ1) is 18.2. The van der Waals surface area contributed by atoms with Crippen LogP contribution in [-0.4, -0.2) is 54.3 Å². The van der Waals surface area contributed by atoms with Gasteiger partial charge >= 0.3 is 5.97 Å². The minimum absolute atomic E-state index is 0.314. The van der Waals surface area contributed by atoms with Crippen LogP contribution in [0.25, 0.3) is 11.4 Å². The summed E-state index contributed by atoms with van der Waals surface area (Å²) in [4.78, 5) is 20.7. The standard InChI is InChI=1S/C21H22N4O3/c1-27-21(26)17-7-9-18(10-8-17)25-13-11-24(12-14-25)15-19-22-20(23-28-19)16-5-3-2-4-6-16/h2-10H,11-15H2,1H3. The molecule has 0 spiro atoms. The summed E-state index contributed by atoms with van der Waals surface area (Å²) in [6, 6.07) is 17.4. The molecule has 1 aromatic heterocycles. The maximum Gasteiger partial charge on any atom is 0.337 e. The van der Waals surface area contributed by atoms with Crippen LogP contribution in [0.3, 0.4) is 0 Å². The van der Waals surface area contributed by atoms with Crippen molar-refractivity contribution < 1.29 is 14.1 Å². The van der Waals surface area contributed by atoms with Gasteiger partial charge in [0.15, 0.2) is 0 Å². The third kappa shape index (κ3) is 4.04. The van der Waals surface area contributed by atoms with Gasteiger partial charge in [-0.3, -0.25) is 4.90 Å². The van der Waals surface area contributed by atoms with E-state index >= 15 is 0 Å². The minimum atomic E-state index is -0.314. The molecule has 7 nitrogen and oxygen atoms in total. The molecule has 0 aliphatic carbocycles. The molecule has 2 aromatic carbocycles. The number of methoxy groups -OCH3 is 1. The van der Waals surface area contributed by atoms with Gasteiger partial charge in [-0.05, 0) is 24.3 Å². The molecule has 0 amide bonds. The van der Waals surface area contributed by atoms with Crippen LogP contribution in [0.2, 0.25) is 0 Å². The number of hydrogen-bond acceptors (Lipinski definition) is 7. The van der Waals surface area contributed by atoms with Crippen molar-refractivity contribution in [3.63, 3.8) is 0 Å². The van der Waals surface area contributed by atoms with Gasteiger partial charge in [0.2, 0.25) is 11.7 Å². The summed E-state index contributed by atoms with van der Waals surface area (Å²) in [5, 5.41) is 4.08. The molecule has 2 heterocycles. The number of piperazine rings is 1. The summed E-state index contributed by atoms with van der Waals surface area (Å²) >= 11 is 0. The molecule has 0 N–H and O–H groups in total. The summed E-state index contributed by atoms with van der Waals surface area (Å²) in [5.74, 6) is 0.945. The summed E-state index contributed by atoms with van der Waals surface area (Å²) in [7, 11) is 1.39. The van der Waals surface area contributed by atoms with Crippen molar-refractivity contribution in [3.8, 4) is 11.4 Å². The van der Waals surface area contributed by atoms with E-state index in [1.54, 1.807) is 12.1 Å². The zero-order chi connectivity index (χ0) is 19.3. The Bertz CT molecular complexity index is 916. The van der Waals surface area contributed by atoms with Crippen molar-refractivity contribution >= 4 is 11.7 Å². The number of nitrogens with zero attached hydrogens (tertiary/aromatic N) is 4. The van der Waals surface area contributed by atoms with Gasteiger partial charge < -0.3 is 14.2 Å². The molecular weight excluding hydrogens is 356 g/mol. The van der Waals surface area contributed by atoms with Gasteiger partial charge in [0.1, 0.15) is 0 Å². The number of ether oxygens (including phenoxy) is 1. The topological polar surface area (TPSA) is 71.7 Å². The Kier molecular flexibility index (Phi) is 5.34. The molecule has 7 heteroatoms. The lowest BCUT2D eigenvalue weighted by molar-refractivity contribution is 0.0601. The summed E-state index contributed by atoms with van der Waals surface area (Å²) in [5.41, 5.74) is 2.63. The van der Waals surface area contributed by atoms with Crippen molar-refractivity contribution in [1.82, 2.24) is 15.0 Å². The highest BCUT2D eigenvalue weighted by molar-refractivity contribution is 5.89. The summed E-state index contributed by atoms with van der Waals surface area (Å²) in [6.07, 6.45) is 0. The van der Waals surface area contributed by atoms with E-state index in [0.717, 1.165) is 37.4 Å². The van der Waals surface area contributed by atoms with Crippen LogP contribution in [0.1, 0.15) is 16.2 Å². The van der Waals surface area contributed by atoms with Gasteiger partial charge in [-0.2, -0.15) is 4.98 Å². The number of esters is 1. The lowest BCUT2D eigenvalue weighted by atomic mass is 10.2. The van der Waals surface area contributed by atoms with E-state index in [0.29, 0.717) is 23.8 Å². The van der Waals surface area contributed by atoms with Gasteiger partial charge in [-0.15, -0.1) is 0 Å². The average Bonchev–Trinajstić information content (AvgIpc) is 3.23. The first-order valence-electron chi connectivity index (χ1n) is 9.26. The second-order valence-electron chi connectivity index (χ2n) is 6.68. The summed E-state index contributed by atoms with van der Waals surface area (Å²) < 4.78 is 10.2. The van der Waals surface area contributed by atoms with Crippen LogP contribution in [-0.2, 0) is 11.3 Å². The van der Waals surface area contributed by atoms with Gasteiger partial charge in [-0.1, -0.05) is 35.5 Å². The van der Waals surface area contributed by atoms with Crippen molar-refractivity contribution in [3.05, 3.63) is 66.1 Å². The molecule has 0 radical (unpaired) electrons. The van der Waals surface area contributed by atoms with Crippen LogP contribution in [0.4, 0.5) is 5.69 Å². The number of aromatic nitrogens is 2. The molecule has 1 aliphatic heterocycles. The predicted molar refractivity (Wildman–Crippen MR) is 105 cm³/mol. The van der Waals surface area contributed by atoms with Crippen LogP contribution >= 0.6 is 0 Å². The lowest BCUT2D eigenvalue weighted by Gasteiger charge is -2.35. The van der Waals surface area contributed by atoms with Crippen molar-refractivity contribution in [2.75, 3.05) is 38.2 Å². The second kappa shape index (κ2) is 8.22. The quantitative estimate of drug-likeness (QED) is 0.632. The number of carbonyl (C=O) groups is 1. The van der Waals surface area contributed by atoms with Crippen molar-refractivity contribution in [1.29, 1.82) is 0 Å². The Hall–Kier alpha value is -3.19. The number of carbonyl (C=O) groups excluding carboxylic acids is 1. The number of rotatable bonds is 5. The van der Waals surface area contributed by atoms with Crippen LogP contribution in [0, 0.1) is 0 Å². The summed E-state index contributed by atoms with van der Waals surface area (Å²) in [6.45, 7) is 4.26. The third-order valence-electron chi connectivity index (χ3n) is 4.88. The minimum Gasteiger partial charge on any atom is -0.465 e. The largest absolute Gasteiger partial charge is 0.465 e. The highest BCUT2D eigenvalue weighted by Gasteiger charge is 2.20. The van der Waals surface area contributed by atoms with E-state index in [-0.39, 0.29) is 5.97 Å². The lowest BCUT2D eigenvalue weighted by Crippen LogP contribution is -2.46. The third-order valence-corrected chi connectivity index (χ3v) is 4.88. The monoisotopic (exact) mass is 378 g/mol. The molecule has 4 rings (SSSR count). The van der Waals surface area contributed by atoms with E-state index in [9.17, 15) is 4.79 Å². The highest BCUT2D eigenvalue weighted by atomic mass is 16.5. The SMILES string of the molecule is COC(=O)c1ccc(N2CCN(Cc3nc(-c4ccccc4)no3)CC2)cc1. The van der Waals surface area contributed by atoms with Crippen LogP contribution < -0.4 is 4.90 Å². The van der Waals surface area contributed by atoms with Gasteiger partial charge in [-0.25, -0.2) is 4.79 Å². The molecule has 1 fully saturated rings. The normalized spacial score (nSPS) is 14.8. The first-order chi connectivity index (χ1) is 13.7. The molecule has 1 aliphatic rings. The first-order valence-corrected chi connectivity index (χ1v) is 9.26. The smallest absolute Gasteiger partial charge is 0.337 e. The predicted octanol–water partition coefficient (Wildman–Crippen LogP) is 2.85. The maximum atomic E-state index is 11.5. The number of anilines is 1. The van der Waals surface area contributed by atoms with Gasteiger partial charge in [0.05, 0.1) is 19.2 Å². The highest BCUT2D eigenvalue weighted by Crippen LogP contribution is 2.19. The zero-order valence-corrected chi connectivity index (χ0v) is 15.7. The van der Waals surface area contributed by atoms with E-state index in [1.165, 1.54) is 7.11 Å². The molecule has 0 atom stereocenters. The number of benzene rings is 2. The Balaban J connectivity index is 1.32. The Morgan fingerprint density at radius 1 is 1.04 bits per heavy atom. The van der Waals surface area contributed by atoms with E-state index in [1.807, 2.05) is 42.5 Å². The van der Waals surface area contributed by atoms with Crippen molar-refractivity contribution in [2.24, 2.45) is 0 Å². The fourth-order valence-electron chi connectivity index (χ4n) is 3.31. The average molecular weight is 378 g/mol. The van der Waals surface area contributed by atoms with Gasteiger partial charge in [0, 0.05) is 37.4 Å². The molecule has 0 unspecified atom stereocenters. The zero-order valence-electron chi connectivity index (χ0n) is 15.7. The Morgan fingerprint density at radius 2 is 1.75 bits per heavy atom. The van der Waals surface area contributed by atoms with E-state index in [4.69, 9.17) is 9.26 Å². The molecule has 0 bridgehead atoms. The maximum absolute atomic E-state index is 11.5. The number of hydrogen-bond donors (Lipinski definition) is 0. The fourth-order valence-corrected chi connectivity index (χ4v) is 3.31. The molecule has 1 saturated heterocycles. The molecule has 144 valence electrons. The second-order valence-corrected chi connectivity index (χ2v) is 6.68. The van der Waals surface area contributed by atoms with Crippen molar-refractivity contribution in [2.45, 2.75) is 6.54 Å². The molecule has 0 saturated carbocycles. The Labute approximate surface area is 163 Å². The molecule has 28 heavy (non-hydrogen) atoms. The fraction of sp³-hybridized carbons (Fsp3) is 0.286. The van der Waals surface area contributed by atoms with Crippen LogP contribution in [0.15, 0.2) is 59.1 Å². The Morgan fingerprint density at radius 3 is 2.43 bits per heavy atom. The van der Waals surface area contributed by atoms with Gasteiger partial charge in [0.25, 0.3) is 0 Å². The molecule has 3 aromatic rings. The van der Waals surface area contributed by atoms with Crippen LogP contribution in [0.5, 0.6) is 0 Å². The molecular formula is C21H22N4O3. The van der Waals surface area contributed by atoms with E-state index < -0.39 is 0 Å². The van der Waals surface area contributed by atoms with E-state index in [2.05, 4.69) is 19.9 Å².